The van der Waals surface area contributed by atoms with Crippen LogP contribution in [0.25, 0.3) is 0 Å². The number of nitrogens with zero attached hydrogens (tertiary/aromatic N) is 2. The second-order valence-electron chi connectivity index (χ2n) is 7.36. The van der Waals surface area contributed by atoms with Gasteiger partial charge in [-0.25, -0.2) is 8.42 Å². The summed E-state index contributed by atoms with van der Waals surface area (Å²) >= 11 is 0. The van der Waals surface area contributed by atoms with Crippen molar-refractivity contribution < 1.29 is 17.9 Å². The Hall–Kier alpha value is -2.54. The number of rotatable bonds is 7. The molecular formula is C22H28N2O4S. The van der Waals surface area contributed by atoms with Gasteiger partial charge in [0.15, 0.2) is 0 Å². The molecule has 156 valence electrons. The van der Waals surface area contributed by atoms with Crippen LogP contribution in [0.4, 0.5) is 5.69 Å². The third-order valence-corrected chi connectivity index (χ3v) is 7.24. The van der Waals surface area contributed by atoms with Gasteiger partial charge in [0, 0.05) is 26.1 Å². The summed E-state index contributed by atoms with van der Waals surface area (Å²) in [4.78, 5) is 14.6. The van der Waals surface area contributed by atoms with Crippen LogP contribution in [0, 0.1) is 13.8 Å². The predicted octanol–water partition coefficient (Wildman–Crippen LogP) is 3.52. The highest BCUT2D eigenvalue weighted by molar-refractivity contribution is 7.92. The number of sulfonamides is 1. The molecule has 0 radical (unpaired) electrons. The maximum Gasteiger partial charge on any atom is 0.264 e. The number of carbonyl (C=O) groups excluding carboxylic acids is 1. The Kier molecular flexibility index (Phi) is 6.47. The number of carbonyl (C=O) groups is 1. The van der Waals surface area contributed by atoms with Gasteiger partial charge in [-0.05, 0) is 74.2 Å². The number of methoxy groups -OCH3 is 1. The van der Waals surface area contributed by atoms with E-state index < -0.39 is 10.0 Å². The van der Waals surface area contributed by atoms with E-state index in [0.717, 1.165) is 37.1 Å². The zero-order valence-electron chi connectivity index (χ0n) is 17.2. The molecule has 0 unspecified atom stereocenters. The Bertz CT molecular complexity index is 965. The van der Waals surface area contributed by atoms with Gasteiger partial charge in [0.05, 0.1) is 17.7 Å². The summed E-state index contributed by atoms with van der Waals surface area (Å²) in [6.45, 7) is 5.44. The van der Waals surface area contributed by atoms with E-state index in [0.29, 0.717) is 11.4 Å². The van der Waals surface area contributed by atoms with Gasteiger partial charge < -0.3 is 9.64 Å². The second-order valence-corrected chi connectivity index (χ2v) is 9.22. The van der Waals surface area contributed by atoms with Crippen molar-refractivity contribution in [1.82, 2.24) is 4.90 Å². The van der Waals surface area contributed by atoms with E-state index in [9.17, 15) is 13.2 Å². The van der Waals surface area contributed by atoms with Gasteiger partial charge in [-0.1, -0.05) is 6.07 Å². The fourth-order valence-electron chi connectivity index (χ4n) is 3.46. The van der Waals surface area contributed by atoms with Crippen molar-refractivity contribution in [3.63, 3.8) is 0 Å². The Morgan fingerprint density at radius 2 is 1.69 bits per heavy atom. The first-order valence-electron chi connectivity index (χ1n) is 9.85. The van der Waals surface area contributed by atoms with Gasteiger partial charge in [-0.2, -0.15) is 0 Å². The summed E-state index contributed by atoms with van der Waals surface area (Å²) in [5.41, 5.74) is 2.45. The average Bonchev–Trinajstić information content (AvgIpc) is 3.25. The molecule has 1 fully saturated rings. The average molecular weight is 417 g/mol. The van der Waals surface area contributed by atoms with Crippen LogP contribution < -0.4 is 9.04 Å². The zero-order valence-corrected chi connectivity index (χ0v) is 18.0. The molecule has 1 saturated heterocycles. The Morgan fingerprint density at radius 3 is 2.28 bits per heavy atom. The standard InChI is InChI=1S/C22H28N2O4S/c1-17-6-11-21(16-18(17)2)29(26,27)24(19-7-9-20(28-3)10-8-19)15-12-22(25)23-13-4-5-14-23/h6-11,16H,4-5,12-15H2,1-3H3. The molecule has 0 aliphatic carbocycles. The summed E-state index contributed by atoms with van der Waals surface area (Å²) < 4.78 is 33.4. The van der Waals surface area contributed by atoms with Crippen LogP contribution in [0.3, 0.4) is 0 Å². The molecule has 0 saturated carbocycles. The van der Waals surface area contributed by atoms with Crippen molar-refractivity contribution in [1.29, 1.82) is 0 Å². The highest BCUT2D eigenvalue weighted by Gasteiger charge is 2.27. The van der Waals surface area contributed by atoms with Gasteiger partial charge >= 0.3 is 0 Å². The van der Waals surface area contributed by atoms with E-state index in [2.05, 4.69) is 0 Å². The molecule has 29 heavy (non-hydrogen) atoms. The number of hydrogen-bond donors (Lipinski definition) is 0. The zero-order chi connectivity index (χ0) is 21.0. The molecule has 7 heteroatoms. The fourth-order valence-corrected chi connectivity index (χ4v) is 5.01. The van der Waals surface area contributed by atoms with Crippen LogP contribution in [0.2, 0.25) is 0 Å². The lowest BCUT2D eigenvalue weighted by atomic mass is 10.1. The normalized spacial score (nSPS) is 14.1. The lowest BCUT2D eigenvalue weighted by Crippen LogP contribution is -2.36. The minimum atomic E-state index is -3.81. The van der Waals surface area contributed by atoms with Crippen LogP contribution in [0.15, 0.2) is 47.4 Å². The molecule has 3 rings (SSSR count). The summed E-state index contributed by atoms with van der Waals surface area (Å²) in [6, 6.07) is 12.0. The minimum absolute atomic E-state index is 0.00343. The SMILES string of the molecule is COc1ccc(N(CCC(=O)N2CCCC2)S(=O)(=O)c2ccc(C)c(C)c2)cc1. The number of ether oxygens (including phenoxy) is 1. The van der Waals surface area contributed by atoms with E-state index >= 15 is 0 Å². The Balaban J connectivity index is 1.91. The molecule has 1 amide bonds. The first kappa shape index (κ1) is 21.2. The molecule has 0 atom stereocenters. The minimum Gasteiger partial charge on any atom is -0.497 e. The molecule has 0 bridgehead atoms. The van der Waals surface area contributed by atoms with Crippen molar-refractivity contribution in [3.8, 4) is 5.75 Å². The van der Waals surface area contributed by atoms with E-state index in [1.807, 2.05) is 24.8 Å². The van der Waals surface area contributed by atoms with Gasteiger partial charge in [-0.15, -0.1) is 0 Å². The van der Waals surface area contributed by atoms with Crippen molar-refractivity contribution in [2.75, 3.05) is 31.0 Å². The maximum atomic E-state index is 13.5. The van der Waals surface area contributed by atoms with Crippen LogP contribution in [0.1, 0.15) is 30.4 Å². The number of hydrogen-bond acceptors (Lipinski definition) is 4. The molecule has 0 N–H and O–H groups in total. The molecule has 6 nitrogen and oxygen atoms in total. The second kappa shape index (κ2) is 8.86. The van der Waals surface area contributed by atoms with E-state index in [4.69, 9.17) is 4.74 Å². The number of anilines is 1. The largest absolute Gasteiger partial charge is 0.497 e. The molecule has 1 aliphatic heterocycles. The summed E-state index contributed by atoms with van der Waals surface area (Å²) in [7, 11) is -2.25. The van der Waals surface area contributed by atoms with Gasteiger partial charge in [0.2, 0.25) is 5.91 Å². The summed E-state index contributed by atoms with van der Waals surface area (Å²) in [6.07, 6.45) is 2.17. The highest BCUT2D eigenvalue weighted by Crippen LogP contribution is 2.27. The maximum absolute atomic E-state index is 13.5. The first-order chi connectivity index (χ1) is 13.8. The quantitative estimate of drug-likeness (QED) is 0.693. The number of likely N-dealkylation sites (tertiary alicyclic amines) is 1. The lowest BCUT2D eigenvalue weighted by Gasteiger charge is -2.26. The van der Waals surface area contributed by atoms with E-state index in [1.54, 1.807) is 43.5 Å². The predicted molar refractivity (Wildman–Crippen MR) is 114 cm³/mol. The third kappa shape index (κ3) is 4.72. The van der Waals surface area contributed by atoms with Crippen molar-refractivity contribution in [2.24, 2.45) is 0 Å². The third-order valence-electron chi connectivity index (χ3n) is 5.41. The lowest BCUT2D eigenvalue weighted by molar-refractivity contribution is -0.129. The van der Waals surface area contributed by atoms with Crippen LogP contribution in [-0.2, 0) is 14.8 Å². The van der Waals surface area contributed by atoms with E-state index in [-0.39, 0.29) is 23.8 Å². The summed E-state index contributed by atoms with van der Waals surface area (Å²) in [5.74, 6) is 0.640. The molecule has 2 aromatic carbocycles. The smallest absolute Gasteiger partial charge is 0.264 e. The molecule has 0 aromatic heterocycles. The Morgan fingerprint density at radius 1 is 1.03 bits per heavy atom. The molecule has 0 spiro atoms. The van der Waals surface area contributed by atoms with Crippen molar-refractivity contribution in [2.45, 2.75) is 38.0 Å². The van der Waals surface area contributed by atoms with Crippen molar-refractivity contribution >= 4 is 21.6 Å². The topological polar surface area (TPSA) is 66.9 Å². The van der Waals surface area contributed by atoms with Crippen molar-refractivity contribution in [3.05, 3.63) is 53.6 Å². The number of amides is 1. The van der Waals surface area contributed by atoms with Crippen LogP contribution in [0.5, 0.6) is 5.75 Å². The fraction of sp³-hybridized carbons (Fsp3) is 0.409. The van der Waals surface area contributed by atoms with Crippen LogP contribution in [-0.4, -0.2) is 46.0 Å². The van der Waals surface area contributed by atoms with Crippen LogP contribution >= 0.6 is 0 Å². The first-order valence-corrected chi connectivity index (χ1v) is 11.3. The van der Waals surface area contributed by atoms with Gasteiger partial charge in [0.1, 0.15) is 5.75 Å². The molecule has 1 aliphatic rings. The summed E-state index contributed by atoms with van der Waals surface area (Å²) in [5, 5.41) is 0. The number of benzene rings is 2. The molecular weight excluding hydrogens is 388 g/mol. The molecule has 1 heterocycles. The molecule has 2 aromatic rings. The Labute approximate surface area is 173 Å². The van der Waals surface area contributed by atoms with Gasteiger partial charge in [0.25, 0.3) is 10.0 Å². The van der Waals surface area contributed by atoms with Gasteiger partial charge in [-0.3, -0.25) is 9.10 Å². The monoisotopic (exact) mass is 416 g/mol. The number of aryl methyl sites for hydroxylation is 2. The highest BCUT2D eigenvalue weighted by atomic mass is 32.2. The van der Waals surface area contributed by atoms with E-state index in [1.165, 1.54) is 4.31 Å².